The molecule has 2 heterocycles. The van der Waals surface area contributed by atoms with E-state index in [-0.39, 0.29) is 18.0 Å². The standard InChI is InChI=1S/C19H21FN4O3/c1-11-4-5-15(14(20)8-11)22-17-13-9-21-7-6-16(13)24(3)18(17)19(26)23-27-10-12(2)25/h4-9,12,22,25H,10H2,1-3H3,(H,23,26). The summed E-state index contributed by atoms with van der Waals surface area (Å²) in [5, 5.41) is 12.9. The van der Waals surface area contributed by atoms with Crippen LogP contribution >= 0.6 is 0 Å². The van der Waals surface area contributed by atoms with Gasteiger partial charge in [-0.3, -0.25) is 14.6 Å². The Morgan fingerprint density at radius 3 is 2.89 bits per heavy atom. The van der Waals surface area contributed by atoms with Crippen molar-refractivity contribution < 1.29 is 19.1 Å². The Bertz CT molecular complexity index is 984. The molecule has 0 aliphatic rings. The van der Waals surface area contributed by atoms with Crippen LogP contribution in [0.1, 0.15) is 23.0 Å². The fourth-order valence-corrected chi connectivity index (χ4v) is 2.81. The van der Waals surface area contributed by atoms with Crippen LogP contribution in [0.2, 0.25) is 0 Å². The number of rotatable bonds is 6. The van der Waals surface area contributed by atoms with Crippen LogP contribution in [-0.2, 0) is 11.9 Å². The normalized spacial score (nSPS) is 12.2. The maximum absolute atomic E-state index is 14.3. The molecule has 27 heavy (non-hydrogen) atoms. The van der Waals surface area contributed by atoms with Crippen LogP contribution in [0.15, 0.2) is 36.7 Å². The number of aromatic nitrogens is 2. The van der Waals surface area contributed by atoms with E-state index >= 15 is 0 Å². The van der Waals surface area contributed by atoms with Gasteiger partial charge < -0.3 is 15.0 Å². The van der Waals surface area contributed by atoms with Crippen molar-refractivity contribution in [3.8, 4) is 0 Å². The number of amides is 1. The molecular formula is C19H21FN4O3. The number of carbonyl (C=O) groups excluding carboxylic acids is 1. The first kappa shape index (κ1) is 18.8. The number of aliphatic hydroxyl groups is 1. The monoisotopic (exact) mass is 372 g/mol. The van der Waals surface area contributed by atoms with Gasteiger partial charge in [-0.2, -0.15) is 0 Å². The number of hydroxylamine groups is 1. The van der Waals surface area contributed by atoms with E-state index in [0.717, 1.165) is 11.1 Å². The summed E-state index contributed by atoms with van der Waals surface area (Å²) in [6.45, 7) is 3.29. The van der Waals surface area contributed by atoms with Crippen LogP contribution in [0.3, 0.4) is 0 Å². The molecule has 8 heteroatoms. The molecule has 7 nitrogen and oxygen atoms in total. The van der Waals surface area contributed by atoms with E-state index in [1.807, 2.05) is 0 Å². The van der Waals surface area contributed by atoms with E-state index in [1.165, 1.54) is 6.07 Å². The molecule has 0 radical (unpaired) electrons. The van der Waals surface area contributed by atoms with Crippen LogP contribution in [0.25, 0.3) is 10.9 Å². The van der Waals surface area contributed by atoms with Crippen molar-refractivity contribution in [1.29, 1.82) is 0 Å². The summed E-state index contributed by atoms with van der Waals surface area (Å²) in [7, 11) is 1.72. The number of aryl methyl sites for hydroxylation is 2. The molecule has 1 aromatic carbocycles. The number of pyridine rings is 1. The Balaban J connectivity index is 2.03. The zero-order valence-corrected chi connectivity index (χ0v) is 15.3. The lowest BCUT2D eigenvalue weighted by Crippen LogP contribution is -2.29. The topological polar surface area (TPSA) is 88.4 Å². The molecule has 0 saturated heterocycles. The Morgan fingerprint density at radius 1 is 1.41 bits per heavy atom. The lowest BCUT2D eigenvalue weighted by Gasteiger charge is -2.12. The van der Waals surface area contributed by atoms with Crippen LogP contribution in [0.4, 0.5) is 15.8 Å². The summed E-state index contributed by atoms with van der Waals surface area (Å²) in [5.74, 6) is -0.947. The van der Waals surface area contributed by atoms with Crippen molar-refractivity contribution in [2.24, 2.45) is 7.05 Å². The summed E-state index contributed by atoms with van der Waals surface area (Å²) in [5.41, 5.74) is 4.77. The number of nitrogens with one attached hydrogen (secondary N) is 2. The van der Waals surface area contributed by atoms with Crippen molar-refractivity contribution in [2.45, 2.75) is 20.0 Å². The fraction of sp³-hybridized carbons (Fsp3) is 0.263. The molecule has 0 aliphatic carbocycles. The van der Waals surface area contributed by atoms with Gasteiger partial charge in [0.05, 0.1) is 23.0 Å². The first-order chi connectivity index (χ1) is 12.9. The molecule has 0 saturated carbocycles. The van der Waals surface area contributed by atoms with Gasteiger partial charge in [-0.25, -0.2) is 9.87 Å². The van der Waals surface area contributed by atoms with E-state index < -0.39 is 17.8 Å². The summed E-state index contributed by atoms with van der Waals surface area (Å²) in [4.78, 5) is 21.8. The van der Waals surface area contributed by atoms with Gasteiger partial charge in [0.2, 0.25) is 0 Å². The average molecular weight is 372 g/mol. The predicted molar refractivity (Wildman–Crippen MR) is 100 cm³/mol. The molecule has 0 spiro atoms. The Labute approximate surface area is 155 Å². The molecule has 3 rings (SSSR count). The Morgan fingerprint density at radius 2 is 2.19 bits per heavy atom. The highest BCUT2D eigenvalue weighted by atomic mass is 19.1. The maximum Gasteiger partial charge on any atom is 0.293 e. The third-order valence-electron chi connectivity index (χ3n) is 4.09. The van der Waals surface area contributed by atoms with Gasteiger partial charge in [-0.15, -0.1) is 0 Å². The Hall–Kier alpha value is -2.97. The smallest absolute Gasteiger partial charge is 0.293 e. The van der Waals surface area contributed by atoms with Gasteiger partial charge in [0.1, 0.15) is 18.1 Å². The van der Waals surface area contributed by atoms with Crippen LogP contribution < -0.4 is 10.8 Å². The second-order valence-corrected chi connectivity index (χ2v) is 6.37. The number of aliphatic hydroxyl groups excluding tert-OH is 1. The second-order valence-electron chi connectivity index (χ2n) is 6.37. The van der Waals surface area contributed by atoms with Crippen molar-refractivity contribution in [3.05, 3.63) is 53.7 Å². The molecule has 3 aromatic rings. The maximum atomic E-state index is 14.3. The average Bonchev–Trinajstić information content (AvgIpc) is 2.89. The largest absolute Gasteiger partial charge is 0.391 e. The van der Waals surface area contributed by atoms with Gasteiger partial charge in [-0.1, -0.05) is 6.07 Å². The van der Waals surface area contributed by atoms with E-state index in [9.17, 15) is 14.3 Å². The van der Waals surface area contributed by atoms with Crippen LogP contribution in [-0.4, -0.2) is 33.3 Å². The molecule has 3 N–H and O–H groups in total. The number of anilines is 2. The third-order valence-corrected chi connectivity index (χ3v) is 4.09. The number of fused-ring (bicyclic) bond motifs is 1. The fourth-order valence-electron chi connectivity index (χ4n) is 2.81. The van der Waals surface area contributed by atoms with Crippen molar-refractivity contribution in [1.82, 2.24) is 15.0 Å². The van der Waals surface area contributed by atoms with Gasteiger partial charge >= 0.3 is 0 Å². The summed E-state index contributed by atoms with van der Waals surface area (Å²) >= 11 is 0. The van der Waals surface area contributed by atoms with Crippen LogP contribution in [0, 0.1) is 12.7 Å². The SMILES string of the molecule is Cc1ccc(Nc2c(C(=O)NOCC(C)O)n(C)c3ccncc23)c(F)c1. The highest BCUT2D eigenvalue weighted by Crippen LogP contribution is 2.33. The van der Waals surface area contributed by atoms with Gasteiger partial charge in [0.25, 0.3) is 5.91 Å². The molecule has 0 bridgehead atoms. The minimum Gasteiger partial charge on any atom is -0.391 e. The first-order valence-electron chi connectivity index (χ1n) is 8.44. The zero-order chi connectivity index (χ0) is 19.6. The minimum absolute atomic E-state index is 0.0490. The lowest BCUT2D eigenvalue weighted by molar-refractivity contribution is -0.00720. The van der Waals surface area contributed by atoms with E-state index in [0.29, 0.717) is 11.1 Å². The first-order valence-corrected chi connectivity index (χ1v) is 8.44. The number of hydrogen-bond donors (Lipinski definition) is 3. The van der Waals surface area contributed by atoms with Gasteiger partial charge in [0, 0.05) is 24.8 Å². The second kappa shape index (κ2) is 7.73. The molecule has 1 unspecified atom stereocenters. The molecule has 142 valence electrons. The van der Waals surface area contributed by atoms with Crippen molar-refractivity contribution in [3.63, 3.8) is 0 Å². The van der Waals surface area contributed by atoms with Crippen LogP contribution in [0.5, 0.6) is 0 Å². The molecule has 0 fully saturated rings. The number of benzene rings is 1. The molecule has 1 amide bonds. The molecule has 0 aliphatic heterocycles. The van der Waals surface area contributed by atoms with E-state index in [2.05, 4.69) is 15.8 Å². The summed E-state index contributed by atoms with van der Waals surface area (Å²) in [6.07, 6.45) is 2.50. The summed E-state index contributed by atoms with van der Waals surface area (Å²) in [6, 6.07) is 6.57. The Kier molecular flexibility index (Phi) is 5.38. The number of carbonyl (C=O) groups is 1. The lowest BCUT2D eigenvalue weighted by atomic mass is 10.2. The number of nitrogens with zero attached hydrogens (tertiary/aromatic N) is 2. The number of halogens is 1. The number of hydrogen-bond acceptors (Lipinski definition) is 5. The molecule has 2 aromatic heterocycles. The third kappa shape index (κ3) is 3.91. The quantitative estimate of drug-likeness (QED) is 0.579. The highest BCUT2D eigenvalue weighted by molar-refractivity contribution is 6.09. The highest BCUT2D eigenvalue weighted by Gasteiger charge is 2.22. The van der Waals surface area contributed by atoms with Gasteiger partial charge in [-0.05, 0) is 37.6 Å². The van der Waals surface area contributed by atoms with Gasteiger partial charge in [0.15, 0.2) is 0 Å². The molecule has 1 atom stereocenters. The van der Waals surface area contributed by atoms with E-state index in [4.69, 9.17) is 4.84 Å². The zero-order valence-electron chi connectivity index (χ0n) is 15.3. The van der Waals surface area contributed by atoms with Crippen molar-refractivity contribution in [2.75, 3.05) is 11.9 Å². The predicted octanol–water partition coefficient (Wildman–Crippen LogP) is 2.81. The minimum atomic E-state index is -0.721. The summed E-state index contributed by atoms with van der Waals surface area (Å²) < 4.78 is 16.0. The van der Waals surface area contributed by atoms with Crippen molar-refractivity contribution >= 4 is 28.2 Å². The molecular weight excluding hydrogens is 351 g/mol. The van der Waals surface area contributed by atoms with E-state index in [1.54, 1.807) is 56.1 Å².